The van der Waals surface area contributed by atoms with Crippen LogP contribution in [0.25, 0.3) is 0 Å². The van der Waals surface area contributed by atoms with Gasteiger partial charge in [-0.25, -0.2) is 5.48 Å². The lowest BCUT2D eigenvalue weighted by atomic mass is 10.0. The number of hydrogen-bond acceptors (Lipinski definition) is 7. The zero-order valence-corrected chi connectivity index (χ0v) is 15.6. The van der Waals surface area contributed by atoms with Crippen molar-refractivity contribution in [2.75, 3.05) is 38.2 Å². The fourth-order valence-electron chi connectivity index (χ4n) is 2.97. The van der Waals surface area contributed by atoms with Gasteiger partial charge in [-0.3, -0.25) is 14.8 Å². The normalized spacial score (nSPS) is 17.8. The number of rotatable bonds is 8. The van der Waals surface area contributed by atoms with Crippen molar-refractivity contribution in [3.05, 3.63) is 24.3 Å². The van der Waals surface area contributed by atoms with E-state index in [1.54, 1.807) is 12.2 Å². The lowest BCUT2D eigenvalue weighted by Gasteiger charge is -2.38. The predicted molar refractivity (Wildman–Crippen MR) is 97.0 cm³/mol. The van der Waals surface area contributed by atoms with Gasteiger partial charge in [0.2, 0.25) is 0 Å². The summed E-state index contributed by atoms with van der Waals surface area (Å²) in [6.07, 6.45) is -1.61. The number of ether oxygens (including phenoxy) is 1. The van der Waals surface area contributed by atoms with E-state index in [0.717, 1.165) is 24.5 Å². The Bertz CT molecular complexity index is 558. The van der Waals surface area contributed by atoms with Crippen LogP contribution in [0.4, 0.5) is 5.69 Å². The molecule has 8 nitrogen and oxygen atoms in total. The molecule has 1 heterocycles. The molecular formula is C18H29N3O5. The fourth-order valence-corrected chi connectivity index (χ4v) is 2.97. The Morgan fingerprint density at radius 1 is 1.19 bits per heavy atom. The van der Waals surface area contributed by atoms with Crippen LogP contribution < -0.4 is 15.1 Å². The summed E-state index contributed by atoms with van der Waals surface area (Å²) >= 11 is 0. The summed E-state index contributed by atoms with van der Waals surface area (Å²) in [6, 6.07) is 7.90. The number of piperazine rings is 1. The van der Waals surface area contributed by atoms with Gasteiger partial charge in [-0.1, -0.05) is 13.8 Å². The maximum Gasteiger partial charge on any atom is 0.274 e. The van der Waals surface area contributed by atoms with Gasteiger partial charge in [0.1, 0.15) is 11.9 Å². The molecule has 26 heavy (non-hydrogen) atoms. The van der Waals surface area contributed by atoms with Crippen LogP contribution in [0.5, 0.6) is 5.75 Å². The predicted octanol–water partition coefficient (Wildman–Crippen LogP) is 1.03. The van der Waals surface area contributed by atoms with E-state index in [-0.39, 0.29) is 5.92 Å². The highest BCUT2D eigenvalue weighted by molar-refractivity contribution is 5.79. The number of hydrogen-bond donors (Lipinski definition) is 3. The minimum absolute atomic E-state index is 0.238. The molecule has 1 amide bonds. The largest absolute Gasteiger partial charge is 0.497 e. The van der Waals surface area contributed by atoms with E-state index >= 15 is 0 Å². The molecule has 2 atom stereocenters. The van der Waals surface area contributed by atoms with Crippen molar-refractivity contribution in [1.82, 2.24) is 10.5 Å². The highest BCUT2D eigenvalue weighted by Gasteiger charge is 2.31. The van der Waals surface area contributed by atoms with Crippen LogP contribution in [0.3, 0.4) is 0 Å². The standard InChI is InChI=1S/C18H29N3O5/c1-13(2)12-16(17(22)18(23)19-24)26-21-10-8-20(9-11-21)14-4-6-15(25-3)7-5-14/h4-7,13,16-17,22,24H,8-12H2,1-3H3,(H,19,23)/t16-,17+/m0/s1. The Hall–Kier alpha value is -1.87. The summed E-state index contributed by atoms with van der Waals surface area (Å²) in [4.78, 5) is 19.7. The van der Waals surface area contributed by atoms with Crippen molar-refractivity contribution in [3.8, 4) is 5.75 Å². The van der Waals surface area contributed by atoms with Crippen molar-refractivity contribution >= 4 is 11.6 Å². The lowest BCUT2D eigenvalue weighted by molar-refractivity contribution is -0.228. The monoisotopic (exact) mass is 367 g/mol. The number of nitrogens with zero attached hydrogens (tertiary/aromatic N) is 2. The number of carbonyl (C=O) groups excluding carboxylic acids is 1. The van der Waals surface area contributed by atoms with Crippen molar-refractivity contribution < 1.29 is 24.7 Å². The van der Waals surface area contributed by atoms with E-state index in [1.165, 1.54) is 5.48 Å². The molecule has 1 fully saturated rings. The molecule has 1 aliphatic heterocycles. The number of hydroxylamine groups is 3. The van der Waals surface area contributed by atoms with Gasteiger partial charge in [0.15, 0.2) is 6.10 Å². The van der Waals surface area contributed by atoms with Gasteiger partial charge in [-0.15, -0.1) is 0 Å². The first kappa shape index (κ1) is 20.4. The molecule has 0 spiro atoms. The number of anilines is 1. The number of aliphatic hydroxyl groups is 1. The Balaban J connectivity index is 1.91. The average Bonchev–Trinajstić information content (AvgIpc) is 2.66. The van der Waals surface area contributed by atoms with Crippen LogP contribution in [-0.4, -0.2) is 66.8 Å². The molecule has 1 aromatic rings. The van der Waals surface area contributed by atoms with E-state index in [0.29, 0.717) is 19.5 Å². The van der Waals surface area contributed by atoms with Gasteiger partial charge < -0.3 is 14.7 Å². The summed E-state index contributed by atoms with van der Waals surface area (Å²) in [7, 11) is 1.64. The SMILES string of the molecule is COc1ccc(N2CCN(O[C@@H](CC(C)C)[C@@H](O)C(=O)NO)CC2)cc1. The molecule has 146 valence electrons. The Morgan fingerprint density at radius 3 is 2.31 bits per heavy atom. The second-order valence-electron chi connectivity index (χ2n) is 6.81. The van der Waals surface area contributed by atoms with Crippen molar-refractivity contribution in [2.24, 2.45) is 5.92 Å². The molecule has 0 radical (unpaired) electrons. The summed E-state index contributed by atoms with van der Waals surface area (Å²) < 4.78 is 5.18. The van der Waals surface area contributed by atoms with Gasteiger partial charge in [-0.2, -0.15) is 5.06 Å². The zero-order valence-electron chi connectivity index (χ0n) is 15.6. The molecule has 8 heteroatoms. The van der Waals surface area contributed by atoms with Crippen molar-refractivity contribution in [3.63, 3.8) is 0 Å². The molecule has 0 aliphatic carbocycles. The maximum atomic E-state index is 11.5. The first-order chi connectivity index (χ1) is 12.4. The van der Waals surface area contributed by atoms with Crippen LogP contribution in [0.2, 0.25) is 0 Å². The van der Waals surface area contributed by atoms with Gasteiger partial charge in [0.05, 0.1) is 7.11 Å². The molecule has 0 unspecified atom stereocenters. The highest BCUT2D eigenvalue weighted by Crippen LogP contribution is 2.21. The lowest BCUT2D eigenvalue weighted by Crippen LogP contribution is -2.51. The van der Waals surface area contributed by atoms with Crippen LogP contribution >= 0.6 is 0 Å². The van der Waals surface area contributed by atoms with Gasteiger partial charge in [0.25, 0.3) is 5.91 Å². The van der Waals surface area contributed by atoms with E-state index in [4.69, 9.17) is 14.8 Å². The second kappa shape index (κ2) is 9.72. The third-order valence-corrected chi connectivity index (χ3v) is 4.40. The number of aliphatic hydroxyl groups excluding tert-OH is 1. The van der Waals surface area contributed by atoms with Crippen LogP contribution in [0.1, 0.15) is 20.3 Å². The Kier molecular flexibility index (Phi) is 7.65. The second-order valence-corrected chi connectivity index (χ2v) is 6.81. The minimum Gasteiger partial charge on any atom is -0.497 e. The Labute approximate surface area is 154 Å². The van der Waals surface area contributed by atoms with Crippen LogP contribution in [-0.2, 0) is 9.63 Å². The molecule has 3 N–H and O–H groups in total. The molecule has 0 bridgehead atoms. The molecule has 0 aromatic heterocycles. The van der Waals surface area contributed by atoms with Crippen molar-refractivity contribution in [2.45, 2.75) is 32.5 Å². The number of nitrogens with one attached hydrogen (secondary N) is 1. The van der Waals surface area contributed by atoms with Crippen LogP contribution in [0, 0.1) is 5.92 Å². The number of methoxy groups -OCH3 is 1. The molecule has 2 rings (SSSR count). The van der Waals surface area contributed by atoms with Crippen LogP contribution in [0.15, 0.2) is 24.3 Å². The molecular weight excluding hydrogens is 338 g/mol. The van der Waals surface area contributed by atoms with E-state index in [2.05, 4.69) is 4.90 Å². The molecule has 1 aliphatic rings. The van der Waals surface area contributed by atoms with E-state index in [1.807, 2.05) is 38.1 Å². The fraction of sp³-hybridized carbons (Fsp3) is 0.611. The quantitative estimate of drug-likeness (QED) is 0.467. The number of carbonyl (C=O) groups is 1. The number of amides is 1. The van der Waals surface area contributed by atoms with Gasteiger partial charge >= 0.3 is 0 Å². The number of benzene rings is 1. The van der Waals surface area contributed by atoms with E-state index in [9.17, 15) is 9.90 Å². The summed E-state index contributed by atoms with van der Waals surface area (Å²) in [5, 5.41) is 20.6. The van der Waals surface area contributed by atoms with E-state index < -0.39 is 18.1 Å². The maximum absolute atomic E-state index is 11.5. The smallest absolute Gasteiger partial charge is 0.274 e. The third kappa shape index (κ3) is 5.57. The molecule has 0 saturated carbocycles. The third-order valence-electron chi connectivity index (χ3n) is 4.40. The first-order valence-electron chi connectivity index (χ1n) is 8.87. The highest BCUT2D eigenvalue weighted by atomic mass is 16.7. The zero-order chi connectivity index (χ0) is 19.1. The van der Waals surface area contributed by atoms with Gasteiger partial charge in [-0.05, 0) is 36.6 Å². The minimum atomic E-state index is -1.41. The average molecular weight is 367 g/mol. The van der Waals surface area contributed by atoms with Gasteiger partial charge in [0, 0.05) is 31.9 Å². The first-order valence-corrected chi connectivity index (χ1v) is 8.87. The molecule has 1 saturated heterocycles. The summed E-state index contributed by atoms with van der Waals surface area (Å²) in [6.45, 7) is 6.80. The molecule has 1 aromatic carbocycles. The summed E-state index contributed by atoms with van der Waals surface area (Å²) in [5.74, 6) is 0.206. The Morgan fingerprint density at radius 2 is 1.81 bits per heavy atom. The van der Waals surface area contributed by atoms with Crippen molar-refractivity contribution in [1.29, 1.82) is 0 Å². The summed E-state index contributed by atoms with van der Waals surface area (Å²) in [5.41, 5.74) is 2.60. The topological polar surface area (TPSA) is 94.5 Å².